The number of carbonyl (C=O) groups is 1. The Bertz CT molecular complexity index is 1060. The summed E-state index contributed by atoms with van der Waals surface area (Å²) in [7, 11) is 3.67. The molecule has 1 heterocycles. The first kappa shape index (κ1) is 32.5. The molecule has 220 valence electrons. The van der Waals surface area contributed by atoms with Crippen LogP contribution in [0.1, 0.15) is 58.2 Å². The predicted molar refractivity (Wildman–Crippen MR) is 150 cm³/mol. The van der Waals surface area contributed by atoms with E-state index in [1.165, 1.54) is 5.56 Å². The van der Waals surface area contributed by atoms with E-state index in [0.717, 1.165) is 35.9 Å². The zero-order chi connectivity index (χ0) is 29.1. The number of methoxy groups -OCH3 is 1. The molecule has 11 nitrogen and oxygen atoms in total. The topological polar surface area (TPSA) is 155 Å². The van der Waals surface area contributed by atoms with E-state index in [0.29, 0.717) is 18.9 Å². The molecule has 2 rings (SSSR count). The lowest BCUT2D eigenvalue weighted by Crippen LogP contribution is -2.43. The summed E-state index contributed by atoms with van der Waals surface area (Å²) in [6, 6.07) is 5.99. The van der Waals surface area contributed by atoms with Gasteiger partial charge in [-0.15, -0.1) is 10.1 Å². The lowest BCUT2D eigenvalue weighted by molar-refractivity contribution is -0.757. The number of aliphatic hydroxyl groups is 1. The number of carbonyl (C=O) groups excluding carboxylic acids is 1. The van der Waals surface area contributed by atoms with Crippen LogP contribution in [-0.2, 0) is 34.3 Å². The highest BCUT2D eigenvalue weighted by Crippen LogP contribution is 2.28. The summed E-state index contributed by atoms with van der Waals surface area (Å²) in [6.45, 7) is 8.65. The van der Waals surface area contributed by atoms with E-state index < -0.39 is 23.2 Å². The Kier molecular flexibility index (Phi) is 13.1. The fourth-order valence-corrected chi connectivity index (χ4v) is 5.02. The molecule has 0 saturated carbocycles. The van der Waals surface area contributed by atoms with Crippen LogP contribution in [0.3, 0.4) is 0 Å². The van der Waals surface area contributed by atoms with E-state index in [9.17, 15) is 20.0 Å². The van der Waals surface area contributed by atoms with Crippen molar-refractivity contribution in [1.29, 1.82) is 0 Å². The zero-order valence-corrected chi connectivity index (χ0v) is 24.3. The van der Waals surface area contributed by atoms with Gasteiger partial charge in [-0.2, -0.15) is 5.10 Å². The number of ether oxygens (including phenoxy) is 1. The fourth-order valence-electron chi connectivity index (χ4n) is 5.02. The van der Waals surface area contributed by atoms with Crippen LogP contribution in [-0.4, -0.2) is 64.9 Å². The number of amides is 1. The number of hydrogen-bond donors (Lipinski definition) is 3. The molecular weight excluding hydrogens is 502 g/mol. The van der Waals surface area contributed by atoms with Crippen molar-refractivity contribution < 1.29 is 24.6 Å². The Labute approximate surface area is 231 Å². The third kappa shape index (κ3) is 10.1. The highest BCUT2D eigenvalue weighted by molar-refractivity contribution is 5.82. The summed E-state index contributed by atoms with van der Waals surface area (Å²) < 4.78 is 7.13. The normalized spacial score (nSPS) is 14.9. The number of nitrogens with one attached hydrogen (secondary N) is 1. The van der Waals surface area contributed by atoms with Crippen LogP contribution in [0.5, 0.6) is 0 Å². The standard InChI is InChI=1S/C28H47N5O6/c1-18(2)21(14-20-9-10-26-23(15-20)25(31-32(26)5)8-7-12-38-6)16-24(29)27(34)17-22(19(3)4)28(35)30-11-13-39-33(36)37/h9-10,15,18-19,21-22,24,27,34H,7-8,11-14,16-17,29H2,1-6H3,(H,30,35)/t21-,22-,24-,27-/m0/s1. The lowest BCUT2D eigenvalue weighted by atomic mass is 9.80. The Morgan fingerprint density at radius 1 is 1.21 bits per heavy atom. The third-order valence-corrected chi connectivity index (χ3v) is 7.50. The zero-order valence-electron chi connectivity index (χ0n) is 24.3. The molecule has 0 saturated heterocycles. The van der Waals surface area contributed by atoms with Crippen LogP contribution >= 0.6 is 0 Å². The molecule has 0 fully saturated rings. The molecule has 1 aromatic heterocycles. The van der Waals surface area contributed by atoms with Crippen molar-refractivity contribution in [1.82, 2.24) is 15.1 Å². The molecule has 4 N–H and O–H groups in total. The molecule has 0 spiro atoms. The van der Waals surface area contributed by atoms with Gasteiger partial charge in [-0.25, -0.2) is 0 Å². The molecule has 0 unspecified atom stereocenters. The molecule has 0 aliphatic carbocycles. The number of nitrogens with zero attached hydrogens (tertiary/aromatic N) is 3. The second-order valence-electron chi connectivity index (χ2n) is 11.1. The first-order valence-corrected chi connectivity index (χ1v) is 13.9. The molecule has 0 radical (unpaired) electrons. The first-order chi connectivity index (χ1) is 18.4. The minimum absolute atomic E-state index is 0.0238. The highest BCUT2D eigenvalue weighted by atomic mass is 16.9. The van der Waals surface area contributed by atoms with Crippen molar-refractivity contribution in [2.24, 2.45) is 36.5 Å². The number of aliphatic hydroxyl groups excluding tert-OH is 1. The molecule has 1 aromatic carbocycles. The van der Waals surface area contributed by atoms with E-state index >= 15 is 0 Å². The van der Waals surface area contributed by atoms with Crippen LogP contribution in [0.15, 0.2) is 18.2 Å². The van der Waals surface area contributed by atoms with Crippen LogP contribution < -0.4 is 11.1 Å². The molecule has 11 heteroatoms. The summed E-state index contributed by atoms with van der Waals surface area (Å²) in [4.78, 5) is 27.2. The largest absolute Gasteiger partial charge is 0.391 e. The molecule has 1 amide bonds. The van der Waals surface area contributed by atoms with Crippen molar-refractivity contribution in [3.63, 3.8) is 0 Å². The summed E-state index contributed by atoms with van der Waals surface area (Å²) in [5, 5.41) is 28.9. The average Bonchev–Trinajstić information content (AvgIpc) is 3.18. The number of fused-ring (bicyclic) bond motifs is 1. The quantitative estimate of drug-likeness (QED) is 0.146. The van der Waals surface area contributed by atoms with Gasteiger partial charge in [0.05, 0.1) is 17.3 Å². The van der Waals surface area contributed by atoms with Gasteiger partial charge >= 0.3 is 0 Å². The van der Waals surface area contributed by atoms with Gasteiger partial charge < -0.3 is 25.7 Å². The number of benzene rings is 1. The maximum Gasteiger partial charge on any atom is 0.294 e. The number of nitrogens with two attached hydrogens (primary N) is 1. The second kappa shape index (κ2) is 15.7. The van der Waals surface area contributed by atoms with E-state index in [-0.39, 0.29) is 37.3 Å². The fraction of sp³-hybridized carbons (Fsp3) is 0.714. The number of rotatable bonds is 18. The van der Waals surface area contributed by atoms with Gasteiger partial charge in [0.25, 0.3) is 5.09 Å². The number of aromatic nitrogens is 2. The predicted octanol–water partition coefficient (Wildman–Crippen LogP) is 3.03. The second-order valence-corrected chi connectivity index (χ2v) is 11.1. The van der Waals surface area contributed by atoms with Gasteiger partial charge in [0.15, 0.2) is 0 Å². The Morgan fingerprint density at radius 2 is 1.92 bits per heavy atom. The smallest absolute Gasteiger partial charge is 0.294 e. The molecule has 2 aromatic rings. The van der Waals surface area contributed by atoms with Gasteiger partial charge in [-0.1, -0.05) is 33.8 Å². The van der Waals surface area contributed by atoms with Crippen molar-refractivity contribution in [3.05, 3.63) is 39.6 Å². The summed E-state index contributed by atoms with van der Waals surface area (Å²) in [6.07, 6.45) is 2.58. The van der Waals surface area contributed by atoms with Crippen LogP contribution in [0, 0.1) is 33.8 Å². The Morgan fingerprint density at radius 3 is 2.54 bits per heavy atom. The molecule has 4 atom stereocenters. The lowest BCUT2D eigenvalue weighted by Gasteiger charge is -2.30. The first-order valence-electron chi connectivity index (χ1n) is 13.9. The van der Waals surface area contributed by atoms with E-state index in [4.69, 9.17) is 15.6 Å². The van der Waals surface area contributed by atoms with Gasteiger partial charge in [0, 0.05) is 44.7 Å². The summed E-state index contributed by atoms with van der Waals surface area (Å²) >= 11 is 0. The monoisotopic (exact) mass is 549 g/mol. The van der Waals surface area contributed by atoms with E-state index in [1.807, 2.05) is 25.6 Å². The Hall–Kier alpha value is -2.76. The minimum Gasteiger partial charge on any atom is -0.391 e. The van der Waals surface area contributed by atoms with Crippen LogP contribution in [0.2, 0.25) is 0 Å². The van der Waals surface area contributed by atoms with Gasteiger partial charge in [0.2, 0.25) is 5.91 Å². The summed E-state index contributed by atoms with van der Waals surface area (Å²) in [5.41, 5.74) is 9.88. The molecule has 0 aliphatic heterocycles. The average molecular weight is 550 g/mol. The SMILES string of the molecule is COCCCc1nn(C)c2ccc(C[C@@H](C[C@H](N)[C@@H](O)C[C@H](C(=O)NCCO[N+](=O)[O-])C(C)C)C(C)C)cc12. The number of aryl methyl sites for hydroxylation is 2. The van der Waals surface area contributed by atoms with Crippen LogP contribution in [0.25, 0.3) is 10.9 Å². The minimum atomic E-state index is -0.892. The van der Waals surface area contributed by atoms with Crippen molar-refractivity contribution in [2.45, 2.75) is 71.9 Å². The molecule has 0 aliphatic rings. The third-order valence-electron chi connectivity index (χ3n) is 7.50. The van der Waals surface area contributed by atoms with E-state index in [1.54, 1.807) is 7.11 Å². The number of hydrogen-bond acceptors (Lipinski definition) is 8. The maximum absolute atomic E-state index is 12.7. The van der Waals surface area contributed by atoms with Gasteiger partial charge in [-0.05, 0) is 67.6 Å². The van der Waals surface area contributed by atoms with Crippen molar-refractivity contribution in [3.8, 4) is 0 Å². The van der Waals surface area contributed by atoms with Crippen LogP contribution in [0.4, 0.5) is 0 Å². The summed E-state index contributed by atoms with van der Waals surface area (Å²) in [5.74, 6) is -0.182. The van der Waals surface area contributed by atoms with Gasteiger partial charge in [-0.3, -0.25) is 9.48 Å². The Balaban J connectivity index is 2.05. The molecular formula is C28H47N5O6. The van der Waals surface area contributed by atoms with Gasteiger partial charge in [0.1, 0.15) is 6.61 Å². The van der Waals surface area contributed by atoms with Crippen molar-refractivity contribution in [2.75, 3.05) is 26.9 Å². The van der Waals surface area contributed by atoms with Crippen molar-refractivity contribution >= 4 is 16.8 Å². The molecule has 39 heavy (non-hydrogen) atoms. The maximum atomic E-state index is 12.7. The highest BCUT2D eigenvalue weighted by Gasteiger charge is 2.29. The van der Waals surface area contributed by atoms with E-state index in [2.05, 4.69) is 42.2 Å². The molecule has 0 bridgehead atoms.